The number of carboxylic acid groups (broad SMARTS) is 1. The molecule has 0 bridgehead atoms. The number of fused-ring (bicyclic) bond motifs is 1. The predicted octanol–water partition coefficient (Wildman–Crippen LogP) is 2.70. The molecular weight excluding hydrogens is 244 g/mol. The summed E-state index contributed by atoms with van der Waals surface area (Å²) in [7, 11) is 0. The molecule has 1 fully saturated rings. The Bertz CT molecular complexity index is 529. The first-order valence-electron chi connectivity index (χ1n) is 6.72. The normalized spacial score (nSPS) is 19.3. The van der Waals surface area contributed by atoms with E-state index in [1.54, 1.807) is 0 Å². The number of hydrogen-bond acceptors (Lipinski definition) is 3. The van der Waals surface area contributed by atoms with Crippen molar-refractivity contribution in [3.8, 4) is 11.5 Å². The molecule has 0 saturated heterocycles. The second kappa shape index (κ2) is 4.15. The molecule has 19 heavy (non-hydrogen) atoms. The van der Waals surface area contributed by atoms with Crippen molar-refractivity contribution in [3.63, 3.8) is 0 Å². The Morgan fingerprint density at radius 1 is 1.21 bits per heavy atom. The van der Waals surface area contributed by atoms with Crippen LogP contribution in [-0.2, 0) is 10.2 Å². The van der Waals surface area contributed by atoms with E-state index in [-0.39, 0.29) is 5.92 Å². The lowest BCUT2D eigenvalue weighted by Crippen LogP contribution is -2.23. The Labute approximate surface area is 112 Å². The quantitative estimate of drug-likeness (QED) is 0.910. The molecule has 0 radical (unpaired) electrons. The van der Waals surface area contributed by atoms with Crippen LogP contribution in [0, 0.1) is 0 Å². The Morgan fingerprint density at radius 3 is 2.26 bits per heavy atom. The highest BCUT2D eigenvalue weighted by Gasteiger charge is 2.53. The van der Waals surface area contributed by atoms with E-state index in [1.165, 1.54) is 0 Å². The van der Waals surface area contributed by atoms with Crippen LogP contribution in [0.4, 0.5) is 0 Å². The van der Waals surface area contributed by atoms with E-state index in [9.17, 15) is 9.90 Å². The largest absolute Gasteiger partial charge is 0.486 e. The lowest BCUT2D eigenvalue weighted by atomic mass is 9.86. The monoisotopic (exact) mass is 262 g/mol. The van der Waals surface area contributed by atoms with E-state index in [0.29, 0.717) is 31.8 Å². The lowest BCUT2D eigenvalue weighted by Gasteiger charge is -2.24. The standard InChI is InChI=1S/C15H18O4/c1-9(2)10-7-12-13(19-6-5-18-12)8-11(10)15(3-4-15)14(16)17/h7-9H,3-6H2,1-2H3,(H,16,17). The smallest absolute Gasteiger partial charge is 0.314 e. The predicted molar refractivity (Wildman–Crippen MR) is 70.1 cm³/mol. The highest BCUT2D eigenvalue weighted by Crippen LogP contribution is 2.53. The van der Waals surface area contributed by atoms with Gasteiger partial charge in [0.25, 0.3) is 0 Å². The number of carbonyl (C=O) groups is 1. The van der Waals surface area contributed by atoms with Crippen LogP contribution >= 0.6 is 0 Å². The zero-order valence-corrected chi connectivity index (χ0v) is 11.2. The van der Waals surface area contributed by atoms with Crippen LogP contribution in [0.3, 0.4) is 0 Å². The number of carboxylic acids is 1. The van der Waals surface area contributed by atoms with Gasteiger partial charge in [-0.25, -0.2) is 0 Å². The number of aliphatic carboxylic acids is 1. The van der Waals surface area contributed by atoms with Gasteiger partial charge in [0.05, 0.1) is 5.41 Å². The molecule has 1 aromatic rings. The van der Waals surface area contributed by atoms with Crippen molar-refractivity contribution >= 4 is 5.97 Å². The maximum absolute atomic E-state index is 11.6. The molecule has 0 amide bonds. The van der Waals surface area contributed by atoms with Gasteiger partial charge in [-0.2, -0.15) is 0 Å². The zero-order chi connectivity index (χ0) is 13.6. The van der Waals surface area contributed by atoms with Crippen LogP contribution in [0.2, 0.25) is 0 Å². The van der Waals surface area contributed by atoms with Crippen molar-refractivity contribution in [1.82, 2.24) is 0 Å². The molecule has 1 aromatic carbocycles. The van der Waals surface area contributed by atoms with E-state index in [4.69, 9.17) is 9.47 Å². The number of benzene rings is 1. The van der Waals surface area contributed by atoms with Crippen LogP contribution in [0.15, 0.2) is 12.1 Å². The fourth-order valence-corrected chi connectivity index (χ4v) is 2.72. The molecule has 0 unspecified atom stereocenters. The summed E-state index contributed by atoms with van der Waals surface area (Å²) in [5.41, 5.74) is 1.26. The van der Waals surface area contributed by atoms with Crippen LogP contribution in [0.25, 0.3) is 0 Å². The first-order valence-corrected chi connectivity index (χ1v) is 6.72. The Kier molecular flexibility index (Phi) is 2.69. The first-order chi connectivity index (χ1) is 9.04. The molecule has 1 aliphatic heterocycles. The zero-order valence-electron chi connectivity index (χ0n) is 11.2. The van der Waals surface area contributed by atoms with Gasteiger partial charge in [-0.15, -0.1) is 0 Å². The number of hydrogen-bond donors (Lipinski definition) is 1. The van der Waals surface area contributed by atoms with Gasteiger partial charge >= 0.3 is 5.97 Å². The van der Waals surface area contributed by atoms with Gasteiger partial charge in [0.15, 0.2) is 11.5 Å². The third kappa shape index (κ3) is 1.86. The third-order valence-electron chi connectivity index (χ3n) is 4.01. The number of rotatable bonds is 3. The minimum Gasteiger partial charge on any atom is -0.486 e. The van der Waals surface area contributed by atoms with Gasteiger partial charge in [-0.1, -0.05) is 13.8 Å². The van der Waals surface area contributed by atoms with E-state index in [0.717, 1.165) is 16.9 Å². The molecule has 1 saturated carbocycles. The van der Waals surface area contributed by atoms with Crippen molar-refractivity contribution in [2.75, 3.05) is 13.2 Å². The summed E-state index contributed by atoms with van der Waals surface area (Å²) in [6.45, 7) is 5.22. The van der Waals surface area contributed by atoms with E-state index >= 15 is 0 Å². The van der Waals surface area contributed by atoms with Crippen LogP contribution in [0.1, 0.15) is 43.7 Å². The molecule has 2 aliphatic rings. The summed E-state index contributed by atoms with van der Waals surface area (Å²) in [6, 6.07) is 3.84. The Balaban J connectivity index is 2.14. The summed E-state index contributed by atoms with van der Waals surface area (Å²) in [4.78, 5) is 11.6. The third-order valence-corrected chi connectivity index (χ3v) is 4.01. The van der Waals surface area contributed by atoms with Crippen LogP contribution in [0.5, 0.6) is 11.5 Å². The molecule has 1 N–H and O–H groups in total. The minimum absolute atomic E-state index is 0.266. The Morgan fingerprint density at radius 2 is 1.79 bits per heavy atom. The second-order valence-electron chi connectivity index (χ2n) is 5.63. The van der Waals surface area contributed by atoms with Gasteiger partial charge in [0.2, 0.25) is 0 Å². The molecule has 1 heterocycles. The lowest BCUT2D eigenvalue weighted by molar-refractivity contribution is -0.140. The average Bonchev–Trinajstić information content (AvgIpc) is 3.18. The highest BCUT2D eigenvalue weighted by molar-refractivity contribution is 5.86. The molecule has 0 spiro atoms. The van der Waals surface area contributed by atoms with Crippen molar-refractivity contribution in [2.45, 2.75) is 38.0 Å². The molecule has 1 aliphatic carbocycles. The fraction of sp³-hybridized carbons (Fsp3) is 0.533. The molecule has 4 heteroatoms. The molecule has 3 rings (SSSR count). The summed E-state index contributed by atoms with van der Waals surface area (Å²) >= 11 is 0. The molecule has 102 valence electrons. The maximum atomic E-state index is 11.6. The van der Waals surface area contributed by atoms with Gasteiger partial charge in [-0.3, -0.25) is 4.79 Å². The van der Waals surface area contributed by atoms with E-state index < -0.39 is 11.4 Å². The number of ether oxygens (including phenoxy) is 2. The minimum atomic E-state index is -0.730. The van der Waals surface area contributed by atoms with Crippen molar-refractivity contribution in [3.05, 3.63) is 23.3 Å². The average molecular weight is 262 g/mol. The van der Waals surface area contributed by atoms with Gasteiger partial charge < -0.3 is 14.6 Å². The molecule has 4 nitrogen and oxygen atoms in total. The summed E-state index contributed by atoms with van der Waals surface area (Å²) < 4.78 is 11.2. The van der Waals surface area contributed by atoms with E-state index in [2.05, 4.69) is 13.8 Å². The van der Waals surface area contributed by atoms with Gasteiger partial charge in [0.1, 0.15) is 13.2 Å². The molecular formula is C15H18O4. The Hall–Kier alpha value is -1.71. The molecule has 0 aromatic heterocycles. The molecule has 0 atom stereocenters. The van der Waals surface area contributed by atoms with E-state index in [1.807, 2.05) is 12.1 Å². The highest BCUT2D eigenvalue weighted by atomic mass is 16.6. The second-order valence-corrected chi connectivity index (χ2v) is 5.63. The first kappa shape index (κ1) is 12.3. The fourth-order valence-electron chi connectivity index (χ4n) is 2.72. The van der Waals surface area contributed by atoms with Crippen LogP contribution in [-0.4, -0.2) is 24.3 Å². The van der Waals surface area contributed by atoms with Gasteiger partial charge in [-0.05, 0) is 42.0 Å². The summed E-state index contributed by atoms with van der Waals surface area (Å²) in [5.74, 6) is 0.951. The van der Waals surface area contributed by atoms with Crippen molar-refractivity contribution < 1.29 is 19.4 Å². The topological polar surface area (TPSA) is 55.8 Å². The maximum Gasteiger partial charge on any atom is 0.314 e. The van der Waals surface area contributed by atoms with Gasteiger partial charge in [0, 0.05) is 0 Å². The summed E-state index contributed by atoms with van der Waals surface area (Å²) in [5, 5.41) is 9.50. The SMILES string of the molecule is CC(C)c1cc2c(cc1C1(C(=O)O)CC1)OCCO2. The van der Waals surface area contributed by atoms with Crippen LogP contribution < -0.4 is 9.47 Å². The van der Waals surface area contributed by atoms with Crippen molar-refractivity contribution in [2.24, 2.45) is 0 Å². The van der Waals surface area contributed by atoms with Crippen molar-refractivity contribution in [1.29, 1.82) is 0 Å². The summed E-state index contributed by atoms with van der Waals surface area (Å²) in [6.07, 6.45) is 1.42.